The minimum absolute atomic E-state index is 0.206. The molecule has 5 heteroatoms. The number of nitrogens with two attached hydrogens (primary N) is 1. The van der Waals surface area contributed by atoms with Crippen LogP contribution in [0.1, 0.15) is 19.4 Å². The van der Waals surface area contributed by atoms with Crippen LogP contribution in [0.15, 0.2) is 30.3 Å². The molecule has 0 radical (unpaired) electrons. The van der Waals surface area contributed by atoms with Crippen molar-refractivity contribution in [1.29, 1.82) is 0 Å². The molecule has 0 aromatic heterocycles. The van der Waals surface area contributed by atoms with E-state index in [1.807, 2.05) is 51.2 Å². The highest BCUT2D eigenvalue weighted by Gasteiger charge is 2.37. The van der Waals surface area contributed by atoms with Gasteiger partial charge in [0, 0.05) is 13.1 Å². The average molecular weight is 293 g/mol. The van der Waals surface area contributed by atoms with Crippen LogP contribution in [0.25, 0.3) is 0 Å². The first kappa shape index (κ1) is 17.6. The van der Waals surface area contributed by atoms with Crippen molar-refractivity contribution in [1.82, 2.24) is 10.2 Å². The van der Waals surface area contributed by atoms with Gasteiger partial charge in [0.15, 0.2) is 0 Å². The third-order valence-electron chi connectivity index (χ3n) is 3.55. The molecule has 0 bridgehead atoms. The Bertz CT molecular complexity index is 436. The van der Waals surface area contributed by atoms with Gasteiger partial charge in [-0.05, 0) is 33.5 Å². The smallest absolute Gasteiger partial charge is 0.243 e. The van der Waals surface area contributed by atoms with Gasteiger partial charge in [-0.1, -0.05) is 30.3 Å². The number of rotatable bonds is 9. The van der Waals surface area contributed by atoms with Crippen molar-refractivity contribution in [2.45, 2.75) is 25.5 Å². The lowest BCUT2D eigenvalue weighted by atomic mass is 9.88. The number of carbonyl (C=O) groups excluding carboxylic acids is 1. The summed E-state index contributed by atoms with van der Waals surface area (Å²) in [5.74, 6) is -0.382. The van der Waals surface area contributed by atoms with Crippen LogP contribution in [-0.2, 0) is 15.1 Å². The molecular weight excluding hydrogens is 266 g/mol. The topological polar surface area (TPSA) is 67.6 Å². The van der Waals surface area contributed by atoms with Crippen LogP contribution in [-0.4, -0.2) is 50.7 Å². The number of ether oxygens (including phenoxy) is 1. The minimum Gasteiger partial charge on any atom is -0.377 e. The fourth-order valence-corrected chi connectivity index (χ4v) is 2.31. The number of hydrogen-bond donors (Lipinski definition) is 2. The molecular formula is C16H27N3O2. The van der Waals surface area contributed by atoms with Crippen LogP contribution in [0.4, 0.5) is 0 Å². The lowest BCUT2D eigenvalue weighted by Gasteiger charge is -2.34. The Morgan fingerprint density at radius 2 is 2.00 bits per heavy atom. The predicted octanol–water partition coefficient (Wildman–Crippen LogP) is 0.943. The Kier molecular flexibility index (Phi) is 6.81. The van der Waals surface area contributed by atoms with E-state index in [0.29, 0.717) is 13.2 Å². The molecule has 0 aliphatic rings. The summed E-state index contributed by atoms with van der Waals surface area (Å²) in [4.78, 5) is 14.1. The highest BCUT2D eigenvalue weighted by Crippen LogP contribution is 2.21. The molecule has 1 rings (SSSR count). The number of likely N-dealkylation sites (N-methyl/N-ethyl adjacent to an activating group) is 2. The van der Waals surface area contributed by atoms with Gasteiger partial charge in [-0.2, -0.15) is 0 Å². The van der Waals surface area contributed by atoms with Gasteiger partial charge in [0.25, 0.3) is 0 Å². The maximum atomic E-state index is 12.1. The van der Waals surface area contributed by atoms with E-state index in [1.165, 1.54) is 0 Å². The maximum absolute atomic E-state index is 12.1. The lowest BCUT2D eigenvalue weighted by molar-refractivity contribution is -0.125. The second-order valence-corrected chi connectivity index (χ2v) is 5.54. The van der Waals surface area contributed by atoms with Crippen LogP contribution in [0, 0.1) is 0 Å². The Hall–Kier alpha value is -1.43. The molecule has 0 heterocycles. The Balaban J connectivity index is 2.82. The van der Waals surface area contributed by atoms with E-state index < -0.39 is 5.54 Å². The number of amides is 1. The van der Waals surface area contributed by atoms with Crippen molar-refractivity contribution in [2.75, 3.05) is 33.8 Å². The number of nitrogens with zero attached hydrogens (tertiary/aromatic N) is 1. The summed E-state index contributed by atoms with van der Waals surface area (Å²) in [6, 6.07) is 9.57. The normalized spacial score (nSPS) is 14.4. The van der Waals surface area contributed by atoms with E-state index >= 15 is 0 Å². The molecule has 1 atom stereocenters. The van der Waals surface area contributed by atoms with Crippen LogP contribution in [0.2, 0.25) is 0 Å². The first-order chi connectivity index (χ1) is 9.92. The standard InChI is InChI=1S/C16H27N3O2/c1-13(2)21-11-10-19(4)12-16(18-3,15(17)20)14-8-6-5-7-9-14/h5-9,13,18H,10-12H2,1-4H3,(H2,17,20). The van der Waals surface area contributed by atoms with E-state index in [4.69, 9.17) is 10.5 Å². The van der Waals surface area contributed by atoms with Crippen LogP contribution < -0.4 is 11.1 Å². The molecule has 118 valence electrons. The summed E-state index contributed by atoms with van der Waals surface area (Å²) >= 11 is 0. The molecule has 0 aliphatic heterocycles. The Morgan fingerprint density at radius 3 is 2.48 bits per heavy atom. The summed E-state index contributed by atoms with van der Waals surface area (Å²) < 4.78 is 5.55. The van der Waals surface area contributed by atoms with E-state index in [1.54, 1.807) is 7.05 Å². The SMILES string of the molecule is CNC(CN(C)CCOC(C)C)(C(N)=O)c1ccccc1. The van der Waals surface area contributed by atoms with Gasteiger partial charge >= 0.3 is 0 Å². The molecule has 0 spiro atoms. The molecule has 1 aromatic carbocycles. The zero-order valence-electron chi connectivity index (χ0n) is 13.4. The van der Waals surface area contributed by atoms with Gasteiger partial charge in [-0.3, -0.25) is 4.79 Å². The second kappa shape index (κ2) is 8.12. The molecule has 21 heavy (non-hydrogen) atoms. The third kappa shape index (κ3) is 4.81. The van der Waals surface area contributed by atoms with Crippen LogP contribution in [0.3, 0.4) is 0 Å². The minimum atomic E-state index is -0.895. The summed E-state index contributed by atoms with van der Waals surface area (Å²) in [6.45, 7) is 5.87. The summed E-state index contributed by atoms with van der Waals surface area (Å²) in [7, 11) is 3.72. The van der Waals surface area contributed by atoms with Crippen molar-refractivity contribution in [2.24, 2.45) is 5.73 Å². The first-order valence-electron chi connectivity index (χ1n) is 7.27. The van der Waals surface area contributed by atoms with Gasteiger partial charge in [0.1, 0.15) is 5.54 Å². The summed E-state index contributed by atoms with van der Waals surface area (Å²) in [5.41, 5.74) is 5.66. The monoisotopic (exact) mass is 293 g/mol. The molecule has 1 amide bonds. The predicted molar refractivity (Wildman–Crippen MR) is 85.0 cm³/mol. The fraction of sp³-hybridized carbons (Fsp3) is 0.562. The van der Waals surface area contributed by atoms with Crippen molar-refractivity contribution in [3.63, 3.8) is 0 Å². The van der Waals surface area contributed by atoms with Crippen molar-refractivity contribution in [3.8, 4) is 0 Å². The van der Waals surface area contributed by atoms with E-state index in [2.05, 4.69) is 10.2 Å². The fourth-order valence-electron chi connectivity index (χ4n) is 2.31. The quantitative estimate of drug-likeness (QED) is 0.711. The van der Waals surface area contributed by atoms with Gasteiger partial charge in [0.2, 0.25) is 5.91 Å². The second-order valence-electron chi connectivity index (χ2n) is 5.54. The van der Waals surface area contributed by atoms with E-state index in [0.717, 1.165) is 12.1 Å². The number of carbonyl (C=O) groups is 1. The third-order valence-corrected chi connectivity index (χ3v) is 3.55. The largest absolute Gasteiger partial charge is 0.377 e. The zero-order chi connectivity index (χ0) is 15.9. The number of nitrogens with one attached hydrogen (secondary N) is 1. The average Bonchev–Trinajstić information content (AvgIpc) is 2.45. The van der Waals surface area contributed by atoms with Crippen LogP contribution in [0.5, 0.6) is 0 Å². The molecule has 0 saturated heterocycles. The summed E-state index contributed by atoms with van der Waals surface area (Å²) in [6.07, 6.45) is 0.206. The van der Waals surface area contributed by atoms with Crippen LogP contribution >= 0.6 is 0 Å². The Labute approximate surface area is 127 Å². The first-order valence-corrected chi connectivity index (χ1v) is 7.27. The van der Waals surface area contributed by atoms with Gasteiger partial charge in [0.05, 0.1) is 12.7 Å². The van der Waals surface area contributed by atoms with Gasteiger partial charge in [-0.25, -0.2) is 0 Å². The molecule has 3 N–H and O–H groups in total. The molecule has 0 saturated carbocycles. The summed E-state index contributed by atoms with van der Waals surface area (Å²) in [5, 5.41) is 3.10. The molecule has 0 fully saturated rings. The highest BCUT2D eigenvalue weighted by molar-refractivity contribution is 5.86. The zero-order valence-corrected chi connectivity index (χ0v) is 13.4. The molecule has 5 nitrogen and oxygen atoms in total. The van der Waals surface area contributed by atoms with Gasteiger partial charge in [-0.15, -0.1) is 0 Å². The maximum Gasteiger partial charge on any atom is 0.243 e. The lowest BCUT2D eigenvalue weighted by Crippen LogP contribution is -2.57. The highest BCUT2D eigenvalue weighted by atomic mass is 16.5. The van der Waals surface area contributed by atoms with E-state index in [-0.39, 0.29) is 12.0 Å². The Morgan fingerprint density at radius 1 is 1.38 bits per heavy atom. The van der Waals surface area contributed by atoms with Crippen molar-refractivity contribution in [3.05, 3.63) is 35.9 Å². The van der Waals surface area contributed by atoms with Crippen molar-refractivity contribution >= 4 is 5.91 Å². The van der Waals surface area contributed by atoms with Crippen molar-refractivity contribution < 1.29 is 9.53 Å². The molecule has 1 aromatic rings. The number of primary amides is 1. The number of benzene rings is 1. The van der Waals surface area contributed by atoms with E-state index in [9.17, 15) is 4.79 Å². The molecule has 0 aliphatic carbocycles. The molecule has 1 unspecified atom stereocenters. The number of hydrogen-bond acceptors (Lipinski definition) is 4. The van der Waals surface area contributed by atoms with Gasteiger partial charge < -0.3 is 20.7 Å².